The molecule has 1 atom stereocenters. The van der Waals surface area contributed by atoms with Crippen molar-refractivity contribution in [3.05, 3.63) is 64.9 Å². The number of carbonyl (C=O) groups excluding carboxylic acids is 2. The van der Waals surface area contributed by atoms with Gasteiger partial charge in [0.1, 0.15) is 5.54 Å². The number of likely N-dealkylation sites (tertiary alicyclic amines) is 2. The standard InChI is InChI=1S/C21H22ClN3O2/c22-18-14-23-11-8-17(18)19(26)25-13-5-10-21(25)9-4-12-24(20(21)27)15-16-6-2-1-3-7-16/h1-3,6-8,11,14H,4-5,9-10,12-13,15H2. The van der Waals surface area contributed by atoms with E-state index in [1.807, 2.05) is 35.2 Å². The molecule has 0 radical (unpaired) electrons. The summed E-state index contributed by atoms with van der Waals surface area (Å²) in [4.78, 5) is 34.3. The zero-order valence-corrected chi connectivity index (χ0v) is 15.9. The van der Waals surface area contributed by atoms with Gasteiger partial charge in [0.25, 0.3) is 5.91 Å². The number of aromatic nitrogens is 1. The molecule has 2 amide bonds. The fraction of sp³-hybridized carbons (Fsp3) is 0.381. The molecule has 27 heavy (non-hydrogen) atoms. The van der Waals surface area contributed by atoms with Crippen LogP contribution in [0, 0.1) is 0 Å². The lowest BCUT2D eigenvalue weighted by molar-refractivity contribution is -0.146. The molecule has 1 aromatic heterocycles. The van der Waals surface area contributed by atoms with Crippen molar-refractivity contribution in [3.63, 3.8) is 0 Å². The van der Waals surface area contributed by atoms with Gasteiger partial charge in [-0.2, -0.15) is 0 Å². The van der Waals surface area contributed by atoms with Crippen LogP contribution < -0.4 is 0 Å². The minimum atomic E-state index is -0.739. The average molecular weight is 384 g/mol. The number of pyridine rings is 1. The summed E-state index contributed by atoms with van der Waals surface area (Å²) in [7, 11) is 0. The number of amides is 2. The summed E-state index contributed by atoms with van der Waals surface area (Å²) < 4.78 is 0. The first-order valence-corrected chi connectivity index (χ1v) is 9.74. The van der Waals surface area contributed by atoms with E-state index < -0.39 is 5.54 Å². The van der Waals surface area contributed by atoms with Gasteiger partial charge in [0, 0.05) is 32.0 Å². The van der Waals surface area contributed by atoms with E-state index in [2.05, 4.69) is 4.98 Å². The van der Waals surface area contributed by atoms with Crippen LogP contribution in [-0.2, 0) is 11.3 Å². The quantitative estimate of drug-likeness (QED) is 0.814. The topological polar surface area (TPSA) is 53.5 Å². The van der Waals surface area contributed by atoms with E-state index in [0.29, 0.717) is 36.5 Å². The summed E-state index contributed by atoms with van der Waals surface area (Å²) in [6, 6.07) is 11.6. The molecular formula is C21H22ClN3O2. The summed E-state index contributed by atoms with van der Waals surface area (Å²) in [6.45, 7) is 1.90. The largest absolute Gasteiger partial charge is 0.336 e. The predicted octanol–water partition coefficient (Wildman–Crippen LogP) is 3.53. The number of rotatable bonds is 3. The Hall–Kier alpha value is -2.40. The van der Waals surface area contributed by atoms with E-state index in [-0.39, 0.29) is 11.8 Å². The summed E-state index contributed by atoms with van der Waals surface area (Å²) in [5.41, 5.74) is 0.786. The Bertz CT molecular complexity index is 858. The molecule has 3 heterocycles. The van der Waals surface area contributed by atoms with Gasteiger partial charge in [0.15, 0.2) is 0 Å². The van der Waals surface area contributed by atoms with Gasteiger partial charge in [-0.25, -0.2) is 0 Å². The van der Waals surface area contributed by atoms with Crippen LogP contribution in [0.2, 0.25) is 5.02 Å². The fourth-order valence-electron chi connectivity index (χ4n) is 4.37. The first-order chi connectivity index (χ1) is 13.1. The lowest BCUT2D eigenvalue weighted by atomic mass is 9.84. The second-order valence-corrected chi connectivity index (χ2v) is 7.67. The molecule has 1 unspecified atom stereocenters. The van der Waals surface area contributed by atoms with Crippen molar-refractivity contribution >= 4 is 23.4 Å². The molecule has 2 saturated heterocycles. The molecule has 0 saturated carbocycles. The van der Waals surface area contributed by atoms with Crippen molar-refractivity contribution in [1.29, 1.82) is 0 Å². The lowest BCUT2D eigenvalue weighted by Crippen LogP contribution is -2.61. The van der Waals surface area contributed by atoms with Crippen molar-refractivity contribution in [2.45, 2.75) is 37.8 Å². The van der Waals surface area contributed by atoms with Crippen LogP contribution in [0.1, 0.15) is 41.6 Å². The molecule has 1 aromatic carbocycles. The summed E-state index contributed by atoms with van der Waals surface area (Å²) in [6.07, 6.45) is 6.19. The Labute approximate surface area is 163 Å². The van der Waals surface area contributed by atoms with Crippen LogP contribution in [0.4, 0.5) is 0 Å². The first-order valence-electron chi connectivity index (χ1n) is 9.37. The Morgan fingerprint density at radius 2 is 1.85 bits per heavy atom. The molecule has 140 valence electrons. The van der Waals surface area contributed by atoms with E-state index in [0.717, 1.165) is 24.9 Å². The van der Waals surface area contributed by atoms with Gasteiger partial charge >= 0.3 is 0 Å². The molecular weight excluding hydrogens is 362 g/mol. The van der Waals surface area contributed by atoms with Crippen LogP contribution in [0.25, 0.3) is 0 Å². The number of piperidine rings is 1. The smallest absolute Gasteiger partial charge is 0.256 e. The highest BCUT2D eigenvalue weighted by atomic mass is 35.5. The highest BCUT2D eigenvalue weighted by Gasteiger charge is 2.52. The van der Waals surface area contributed by atoms with Crippen molar-refractivity contribution in [2.75, 3.05) is 13.1 Å². The van der Waals surface area contributed by atoms with Crippen molar-refractivity contribution in [1.82, 2.24) is 14.8 Å². The molecule has 0 aliphatic carbocycles. The minimum Gasteiger partial charge on any atom is -0.336 e. The zero-order valence-electron chi connectivity index (χ0n) is 15.1. The normalized spacial score (nSPS) is 22.5. The maximum Gasteiger partial charge on any atom is 0.256 e. The third-order valence-corrected chi connectivity index (χ3v) is 5.96. The second kappa shape index (κ2) is 7.31. The second-order valence-electron chi connectivity index (χ2n) is 7.26. The van der Waals surface area contributed by atoms with Gasteiger partial charge in [0.05, 0.1) is 10.6 Å². The molecule has 5 nitrogen and oxygen atoms in total. The van der Waals surface area contributed by atoms with Gasteiger partial charge in [-0.1, -0.05) is 41.9 Å². The number of nitrogens with zero attached hydrogens (tertiary/aromatic N) is 3. The molecule has 6 heteroatoms. The molecule has 2 aliphatic heterocycles. The fourth-order valence-corrected chi connectivity index (χ4v) is 4.57. The van der Waals surface area contributed by atoms with E-state index >= 15 is 0 Å². The number of hydrogen-bond acceptors (Lipinski definition) is 3. The molecule has 0 N–H and O–H groups in total. The van der Waals surface area contributed by atoms with Crippen LogP contribution >= 0.6 is 11.6 Å². The molecule has 2 aromatic rings. The summed E-state index contributed by atoms with van der Waals surface area (Å²) >= 11 is 6.19. The number of halogens is 1. The zero-order chi connectivity index (χ0) is 18.9. The van der Waals surface area contributed by atoms with Gasteiger partial charge in [-0.15, -0.1) is 0 Å². The van der Waals surface area contributed by atoms with E-state index in [9.17, 15) is 9.59 Å². The highest BCUT2D eigenvalue weighted by Crippen LogP contribution is 2.40. The monoisotopic (exact) mass is 383 g/mol. The molecule has 1 spiro atoms. The Morgan fingerprint density at radius 1 is 1.11 bits per heavy atom. The first kappa shape index (κ1) is 18.0. The summed E-state index contributed by atoms with van der Waals surface area (Å²) in [5, 5.41) is 0.328. The number of hydrogen-bond donors (Lipinski definition) is 0. The van der Waals surface area contributed by atoms with Crippen molar-refractivity contribution in [2.24, 2.45) is 0 Å². The summed E-state index contributed by atoms with van der Waals surface area (Å²) in [5.74, 6) is -0.108. The van der Waals surface area contributed by atoms with Crippen LogP contribution in [-0.4, -0.2) is 45.2 Å². The highest BCUT2D eigenvalue weighted by molar-refractivity contribution is 6.33. The predicted molar refractivity (Wildman–Crippen MR) is 103 cm³/mol. The third-order valence-electron chi connectivity index (χ3n) is 5.66. The Balaban J connectivity index is 1.61. The Kier molecular flexibility index (Phi) is 4.87. The van der Waals surface area contributed by atoms with Crippen LogP contribution in [0.15, 0.2) is 48.8 Å². The van der Waals surface area contributed by atoms with Crippen LogP contribution in [0.5, 0.6) is 0 Å². The van der Waals surface area contributed by atoms with Crippen molar-refractivity contribution in [3.8, 4) is 0 Å². The van der Waals surface area contributed by atoms with Crippen LogP contribution in [0.3, 0.4) is 0 Å². The molecule has 4 rings (SSSR count). The maximum atomic E-state index is 13.5. The number of carbonyl (C=O) groups is 2. The van der Waals surface area contributed by atoms with Gasteiger partial charge in [-0.05, 0) is 37.3 Å². The van der Waals surface area contributed by atoms with Gasteiger partial charge < -0.3 is 9.80 Å². The molecule has 2 fully saturated rings. The SMILES string of the molecule is O=C(c1ccncc1Cl)N1CCCC12CCCN(Cc1ccccc1)C2=O. The average Bonchev–Trinajstić information content (AvgIpc) is 3.11. The van der Waals surface area contributed by atoms with E-state index in [1.54, 1.807) is 17.2 Å². The van der Waals surface area contributed by atoms with Crippen molar-refractivity contribution < 1.29 is 9.59 Å². The van der Waals surface area contributed by atoms with E-state index in [4.69, 9.17) is 11.6 Å². The van der Waals surface area contributed by atoms with Gasteiger partial charge in [-0.3, -0.25) is 14.6 Å². The molecule has 2 aliphatic rings. The lowest BCUT2D eigenvalue weighted by Gasteiger charge is -2.44. The number of benzene rings is 1. The maximum absolute atomic E-state index is 13.5. The van der Waals surface area contributed by atoms with E-state index in [1.165, 1.54) is 6.20 Å². The minimum absolute atomic E-state index is 0.0635. The Morgan fingerprint density at radius 3 is 2.59 bits per heavy atom. The van der Waals surface area contributed by atoms with Gasteiger partial charge in [0.2, 0.25) is 5.91 Å². The third kappa shape index (κ3) is 3.21. The molecule has 0 bridgehead atoms.